The Morgan fingerprint density at radius 3 is 2.74 bits per heavy atom. The van der Waals surface area contributed by atoms with E-state index in [0.29, 0.717) is 0 Å². The van der Waals surface area contributed by atoms with E-state index in [2.05, 4.69) is 6.92 Å². The molecule has 0 saturated carbocycles. The highest BCUT2D eigenvalue weighted by Crippen LogP contribution is 2.31. The van der Waals surface area contributed by atoms with Crippen LogP contribution in [0, 0.1) is 0 Å². The van der Waals surface area contributed by atoms with E-state index in [1.807, 2.05) is 36.4 Å². The topological polar surface area (TPSA) is 52.3 Å². The van der Waals surface area contributed by atoms with Crippen molar-refractivity contribution in [1.29, 1.82) is 0 Å². The van der Waals surface area contributed by atoms with Gasteiger partial charge in [-0.1, -0.05) is 37.6 Å². The molecule has 100 valence electrons. The molecule has 0 aliphatic rings. The van der Waals surface area contributed by atoms with Crippen molar-refractivity contribution in [3.8, 4) is 5.75 Å². The van der Waals surface area contributed by atoms with Crippen LogP contribution in [-0.2, 0) is 4.79 Å². The van der Waals surface area contributed by atoms with Crippen LogP contribution in [0.1, 0.15) is 31.2 Å². The maximum absolute atomic E-state index is 11.7. The number of primary amides is 1. The van der Waals surface area contributed by atoms with Gasteiger partial charge in [-0.2, -0.15) is 0 Å². The van der Waals surface area contributed by atoms with Gasteiger partial charge in [-0.3, -0.25) is 4.79 Å². The van der Waals surface area contributed by atoms with Crippen molar-refractivity contribution in [2.75, 3.05) is 7.11 Å². The van der Waals surface area contributed by atoms with Crippen molar-refractivity contribution in [3.05, 3.63) is 42.0 Å². The van der Waals surface area contributed by atoms with Crippen LogP contribution in [0.15, 0.2) is 36.4 Å². The SMILES string of the molecule is CCCC(C(N)=O)c1cccc2ccc(OC)cc12. The minimum absolute atomic E-state index is 0.235. The maximum atomic E-state index is 11.7. The quantitative estimate of drug-likeness (QED) is 0.894. The molecule has 2 aromatic rings. The van der Waals surface area contributed by atoms with Gasteiger partial charge in [-0.15, -0.1) is 0 Å². The molecule has 0 bridgehead atoms. The molecule has 3 nitrogen and oxygen atoms in total. The van der Waals surface area contributed by atoms with Crippen LogP contribution in [0.2, 0.25) is 0 Å². The van der Waals surface area contributed by atoms with Gasteiger partial charge in [-0.05, 0) is 34.9 Å². The maximum Gasteiger partial charge on any atom is 0.224 e. The first kappa shape index (κ1) is 13.4. The molecule has 0 aliphatic carbocycles. The number of carbonyl (C=O) groups excluding carboxylic acids is 1. The Labute approximate surface area is 113 Å². The summed E-state index contributed by atoms with van der Waals surface area (Å²) < 4.78 is 5.26. The molecule has 0 fully saturated rings. The highest BCUT2D eigenvalue weighted by molar-refractivity contribution is 5.93. The minimum atomic E-state index is -0.267. The number of ether oxygens (including phenoxy) is 1. The third kappa shape index (κ3) is 2.70. The van der Waals surface area contributed by atoms with Crippen LogP contribution in [0.3, 0.4) is 0 Å². The summed E-state index contributed by atoms with van der Waals surface area (Å²) in [4.78, 5) is 11.7. The molecule has 2 N–H and O–H groups in total. The van der Waals surface area contributed by atoms with Crippen molar-refractivity contribution in [2.45, 2.75) is 25.7 Å². The second-order valence-electron chi connectivity index (χ2n) is 4.68. The molecule has 19 heavy (non-hydrogen) atoms. The van der Waals surface area contributed by atoms with Gasteiger partial charge in [-0.25, -0.2) is 0 Å². The molecule has 0 spiro atoms. The van der Waals surface area contributed by atoms with Crippen LogP contribution in [0.25, 0.3) is 10.8 Å². The molecule has 0 radical (unpaired) electrons. The lowest BCUT2D eigenvalue weighted by atomic mass is 9.89. The fourth-order valence-corrected chi connectivity index (χ4v) is 2.45. The Hall–Kier alpha value is -2.03. The number of amides is 1. The summed E-state index contributed by atoms with van der Waals surface area (Å²) in [5, 5.41) is 2.14. The van der Waals surface area contributed by atoms with Crippen molar-refractivity contribution in [3.63, 3.8) is 0 Å². The summed E-state index contributed by atoms with van der Waals surface area (Å²) in [6, 6.07) is 11.9. The molecule has 0 aromatic heterocycles. The van der Waals surface area contributed by atoms with Crippen LogP contribution in [0.5, 0.6) is 5.75 Å². The summed E-state index contributed by atoms with van der Waals surface area (Å²) in [6.07, 6.45) is 1.69. The molecule has 1 atom stereocenters. The highest BCUT2D eigenvalue weighted by atomic mass is 16.5. The summed E-state index contributed by atoms with van der Waals surface area (Å²) >= 11 is 0. The zero-order chi connectivity index (χ0) is 13.8. The van der Waals surface area contributed by atoms with Crippen molar-refractivity contribution >= 4 is 16.7 Å². The average molecular weight is 257 g/mol. The second kappa shape index (κ2) is 5.74. The Kier molecular flexibility index (Phi) is 4.05. The van der Waals surface area contributed by atoms with Crippen molar-refractivity contribution in [1.82, 2.24) is 0 Å². The fraction of sp³-hybridized carbons (Fsp3) is 0.312. The van der Waals surface area contributed by atoms with Crippen LogP contribution < -0.4 is 10.5 Å². The Balaban J connectivity index is 2.60. The Bertz CT molecular complexity index is 592. The van der Waals surface area contributed by atoms with E-state index in [4.69, 9.17) is 10.5 Å². The van der Waals surface area contributed by atoms with Crippen LogP contribution >= 0.6 is 0 Å². The molecule has 0 heterocycles. The van der Waals surface area contributed by atoms with E-state index in [1.54, 1.807) is 7.11 Å². The van der Waals surface area contributed by atoms with Gasteiger partial charge in [0.1, 0.15) is 5.75 Å². The predicted molar refractivity (Wildman–Crippen MR) is 77.3 cm³/mol. The minimum Gasteiger partial charge on any atom is -0.497 e. The van der Waals surface area contributed by atoms with E-state index in [1.165, 1.54) is 0 Å². The predicted octanol–water partition coefficient (Wildman–Crippen LogP) is 3.22. The van der Waals surface area contributed by atoms with Gasteiger partial charge in [0.05, 0.1) is 13.0 Å². The number of hydrogen-bond acceptors (Lipinski definition) is 2. The van der Waals surface area contributed by atoms with E-state index in [-0.39, 0.29) is 11.8 Å². The van der Waals surface area contributed by atoms with E-state index in [9.17, 15) is 4.79 Å². The number of fused-ring (bicyclic) bond motifs is 1. The van der Waals surface area contributed by atoms with Crippen LogP contribution in [0.4, 0.5) is 0 Å². The van der Waals surface area contributed by atoms with E-state index in [0.717, 1.165) is 34.9 Å². The lowest BCUT2D eigenvalue weighted by Gasteiger charge is -2.16. The average Bonchev–Trinajstić information content (AvgIpc) is 2.43. The summed E-state index contributed by atoms with van der Waals surface area (Å²) in [5.41, 5.74) is 6.54. The van der Waals surface area contributed by atoms with E-state index < -0.39 is 0 Å². The molecule has 2 aromatic carbocycles. The molecular formula is C16H19NO2. The van der Waals surface area contributed by atoms with Crippen molar-refractivity contribution in [2.24, 2.45) is 5.73 Å². The summed E-state index contributed by atoms with van der Waals surface area (Å²) in [5.74, 6) is 0.289. The van der Waals surface area contributed by atoms with Gasteiger partial charge >= 0.3 is 0 Å². The zero-order valence-electron chi connectivity index (χ0n) is 11.3. The van der Waals surface area contributed by atoms with Gasteiger partial charge in [0.25, 0.3) is 0 Å². The van der Waals surface area contributed by atoms with Crippen molar-refractivity contribution < 1.29 is 9.53 Å². The first-order valence-corrected chi connectivity index (χ1v) is 6.53. The molecule has 0 saturated heterocycles. The number of carbonyl (C=O) groups is 1. The summed E-state index contributed by atoms with van der Waals surface area (Å²) in [7, 11) is 1.64. The smallest absolute Gasteiger partial charge is 0.224 e. The fourth-order valence-electron chi connectivity index (χ4n) is 2.45. The number of nitrogens with two attached hydrogens (primary N) is 1. The number of methoxy groups -OCH3 is 1. The van der Waals surface area contributed by atoms with Gasteiger partial charge in [0, 0.05) is 0 Å². The molecule has 0 aliphatic heterocycles. The number of rotatable bonds is 5. The number of benzene rings is 2. The van der Waals surface area contributed by atoms with Crippen LogP contribution in [-0.4, -0.2) is 13.0 Å². The van der Waals surface area contributed by atoms with Gasteiger partial charge in [0.15, 0.2) is 0 Å². The standard InChI is InChI=1S/C16H19NO2/c1-3-5-14(16(17)18)13-7-4-6-11-8-9-12(19-2)10-15(11)13/h4,6-10,14H,3,5H2,1-2H3,(H2,17,18). The largest absolute Gasteiger partial charge is 0.497 e. The van der Waals surface area contributed by atoms with Gasteiger partial charge in [0.2, 0.25) is 5.91 Å². The number of hydrogen-bond donors (Lipinski definition) is 1. The zero-order valence-corrected chi connectivity index (χ0v) is 11.3. The monoisotopic (exact) mass is 257 g/mol. The van der Waals surface area contributed by atoms with E-state index >= 15 is 0 Å². The Morgan fingerprint density at radius 1 is 1.32 bits per heavy atom. The first-order valence-electron chi connectivity index (χ1n) is 6.53. The Morgan fingerprint density at radius 2 is 2.11 bits per heavy atom. The second-order valence-corrected chi connectivity index (χ2v) is 4.68. The normalized spacial score (nSPS) is 12.3. The highest BCUT2D eigenvalue weighted by Gasteiger charge is 2.19. The van der Waals surface area contributed by atoms with Gasteiger partial charge < -0.3 is 10.5 Å². The molecule has 1 unspecified atom stereocenters. The lowest BCUT2D eigenvalue weighted by Crippen LogP contribution is -2.21. The first-order chi connectivity index (χ1) is 9.17. The molecule has 1 amide bonds. The third-order valence-electron chi connectivity index (χ3n) is 3.42. The summed E-state index contributed by atoms with van der Waals surface area (Å²) in [6.45, 7) is 2.06. The third-order valence-corrected chi connectivity index (χ3v) is 3.42. The molecular weight excluding hydrogens is 238 g/mol. The molecule has 2 rings (SSSR count). The molecule has 3 heteroatoms. The lowest BCUT2D eigenvalue weighted by molar-refractivity contribution is -0.119.